The van der Waals surface area contributed by atoms with Gasteiger partial charge in [-0.25, -0.2) is 8.42 Å². The summed E-state index contributed by atoms with van der Waals surface area (Å²) in [6.07, 6.45) is 0. The molecule has 0 unspecified atom stereocenters. The summed E-state index contributed by atoms with van der Waals surface area (Å²) in [7, 11) is -3.59. The molecule has 164 valence electrons. The lowest BCUT2D eigenvalue weighted by molar-refractivity contribution is 0.0696. The third-order valence-corrected chi connectivity index (χ3v) is 9.04. The van der Waals surface area contributed by atoms with E-state index in [-0.39, 0.29) is 23.2 Å². The molecule has 1 aliphatic rings. The molecular weight excluding hydrogens is 456 g/mol. The van der Waals surface area contributed by atoms with Crippen molar-refractivity contribution < 1.29 is 13.2 Å². The Hall–Kier alpha value is -2.20. The highest BCUT2D eigenvalue weighted by Crippen LogP contribution is 2.29. The van der Waals surface area contributed by atoms with E-state index in [1.54, 1.807) is 11.0 Å². The number of carbonyl (C=O) groups excluding carboxylic acids is 1. The van der Waals surface area contributed by atoms with Gasteiger partial charge in [0.2, 0.25) is 0 Å². The maximum absolute atomic E-state index is 13.2. The topological polar surface area (TPSA) is 75.5 Å². The van der Waals surface area contributed by atoms with Crippen LogP contribution in [0, 0.1) is 13.8 Å². The van der Waals surface area contributed by atoms with Gasteiger partial charge in [-0.3, -0.25) is 9.48 Å². The van der Waals surface area contributed by atoms with Crippen molar-refractivity contribution in [2.24, 2.45) is 0 Å². The van der Waals surface area contributed by atoms with Gasteiger partial charge in [-0.1, -0.05) is 41.9 Å². The van der Waals surface area contributed by atoms with Gasteiger partial charge in [0.05, 0.1) is 22.1 Å². The first-order chi connectivity index (χ1) is 14.8. The van der Waals surface area contributed by atoms with Crippen LogP contribution in [0.1, 0.15) is 27.3 Å². The Bertz CT molecular complexity index is 1200. The minimum absolute atomic E-state index is 0.106. The van der Waals surface area contributed by atoms with Crippen LogP contribution in [-0.4, -0.2) is 59.5 Å². The van der Waals surface area contributed by atoms with Crippen LogP contribution < -0.4 is 0 Å². The number of sulfonamides is 1. The van der Waals surface area contributed by atoms with Gasteiger partial charge in [-0.05, 0) is 31.5 Å². The fourth-order valence-electron chi connectivity index (χ4n) is 3.77. The van der Waals surface area contributed by atoms with E-state index >= 15 is 0 Å². The number of amides is 1. The number of aromatic nitrogens is 2. The molecule has 0 radical (unpaired) electrons. The summed E-state index contributed by atoms with van der Waals surface area (Å²) in [5, 5.41) is 4.57. The Labute approximate surface area is 190 Å². The monoisotopic (exact) mass is 478 g/mol. The molecule has 4 rings (SSSR count). The van der Waals surface area contributed by atoms with E-state index < -0.39 is 10.0 Å². The van der Waals surface area contributed by atoms with E-state index in [0.29, 0.717) is 35.2 Å². The molecule has 1 aromatic carbocycles. The van der Waals surface area contributed by atoms with Crippen molar-refractivity contribution in [3.63, 3.8) is 0 Å². The number of halogens is 1. The molecule has 3 heterocycles. The normalized spacial score (nSPS) is 15.4. The highest BCUT2D eigenvalue weighted by atomic mass is 35.5. The van der Waals surface area contributed by atoms with Gasteiger partial charge in [0.15, 0.2) is 0 Å². The summed E-state index contributed by atoms with van der Waals surface area (Å²) >= 11 is 6.94. The van der Waals surface area contributed by atoms with Gasteiger partial charge in [0.25, 0.3) is 15.9 Å². The van der Waals surface area contributed by atoms with Gasteiger partial charge in [0.1, 0.15) is 4.21 Å². The number of rotatable bonds is 5. The van der Waals surface area contributed by atoms with Crippen LogP contribution in [0.5, 0.6) is 0 Å². The fraction of sp³-hybridized carbons (Fsp3) is 0.333. The van der Waals surface area contributed by atoms with Crippen LogP contribution in [-0.2, 0) is 16.6 Å². The van der Waals surface area contributed by atoms with Crippen molar-refractivity contribution in [2.75, 3.05) is 26.2 Å². The predicted octanol–water partition coefficient (Wildman–Crippen LogP) is 3.41. The largest absolute Gasteiger partial charge is 0.336 e. The Morgan fingerprint density at radius 2 is 1.74 bits per heavy atom. The van der Waals surface area contributed by atoms with Gasteiger partial charge in [-0.15, -0.1) is 11.3 Å². The molecule has 0 bridgehead atoms. The van der Waals surface area contributed by atoms with Crippen LogP contribution in [0.2, 0.25) is 4.34 Å². The van der Waals surface area contributed by atoms with Crippen molar-refractivity contribution in [1.29, 1.82) is 0 Å². The van der Waals surface area contributed by atoms with Crippen molar-refractivity contribution in [2.45, 2.75) is 24.6 Å². The molecule has 1 saturated heterocycles. The molecule has 1 amide bonds. The molecule has 0 aliphatic carbocycles. The van der Waals surface area contributed by atoms with Crippen molar-refractivity contribution >= 4 is 38.9 Å². The number of carbonyl (C=O) groups is 1. The van der Waals surface area contributed by atoms with E-state index in [1.165, 1.54) is 10.4 Å². The lowest BCUT2D eigenvalue weighted by Gasteiger charge is -2.33. The van der Waals surface area contributed by atoms with Crippen LogP contribution in [0.4, 0.5) is 0 Å². The minimum atomic E-state index is -3.59. The summed E-state index contributed by atoms with van der Waals surface area (Å²) < 4.78 is 29.5. The van der Waals surface area contributed by atoms with Crippen molar-refractivity contribution in [3.05, 3.63) is 69.3 Å². The summed E-state index contributed by atoms with van der Waals surface area (Å²) in [6.45, 7) is 5.50. The summed E-state index contributed by atoms with van der Waals surface area (Å²) in [4.78, 5) is 14.9. The second kappa shape index (κ2) is 8.74. The van der Waals surface area contributed by atoms with Crippen LogP contribution in [0.3, 0.4) is 0 Å². The standard InChI is InChI=1S/C21H23ClN4O3S2/c1-15-20(16(2)26(23-15)14-17-6-4-3-5-7-17)21(27)24-10-12-25(13-11-24)31(28,29)19-9-8-18(22)30-19/h3-9H,10-14H2,1-2H3. The lowest BCUT2D eigenvalue weighted by atomic mass is 10.1. The fourth-order valence-corrected chi connectivity index (χ4v) is 6.83. The van der Waals surface area contributed by atoms with Gasteiger partial charge < -0.3 is 4.90 Å². The average molecular weight is 479 g/mol. The second-order valence-electron chi connectivity index (χ2n) is 7.44. The molecule has 7 nitrogen and oxygen atoms in total. The Morgan fingerprint density at radius 3 is 2.35 bits per heavy atom. The molecular formula is C21H23ClN4O3S2. The molecule has 0 atom stereocenters. The maximum atomic E-state index is 13.2. The molecule has 2 aromatic heterocycles. The number of nitrogens with zero attached hydrogens (tertiary/aromatic N) is 4. The van der Waals surface area contributed by atoms with E-state index in [2.05, 4.69) is 5.10 Å². The summed E-state index contributed by atoms with van der Waals surface area (Å²) in [5.41, 5.74) is 3.20. The van der Waals surface area contributed by atoms with Gasteiger partial charge in [0, 0.05) is 31.9 Å². The minimum Gasteiger partial charge on any atom is -0.336 e. The van der Waals surface area contributed by atoms with Gasteiger partial charge in [-0.2, -0.15) is 9.40 Å². The lowest BCUT2D eigenvalue weighted by Crippen LogP contribution is -2.50. The Balaban J connectivity index is 1.47. The molecule has 1 fully saturated rings. The number of aryl methyl sites for hydroxylation is 1. The highest BCUT2D eigenvalue weighted by Gasteiger charge is 2.33. The molecule has 0 spiro atoms. The van der Waals surface area contributed by atoms with Crippen LogP contribution in [0.25, 0.3) is 0 Å². The first kappa shape index (κ1) is 22.0. The Morgan fingerprint density at radius 1 is 1.06 bits per heavy atom. The van der Waals surface area contributed by atoms with Crippen LogP contribution in [0.15, 0.2) is 46.7 Å². The maximum Gasteiger partial charge on any atom is 0.257 e. The quantitative estimate of drug-likeness (QED) is 0.563. The number of hydrogen-bond acceptors (Lipinski definition) is 5. The van der Waals surface area contributed by atoms with Crippen LogP contribution >= 0.6 is 22.9 Å². The zero-order chi connectivity index (χ0) is 22.2. The average Bonchev–Trinajstić information content (AvgIpc) is 3.32. The molecule has 0 N–H and O–H groups in total. The third kappa shape index (κ3) is 4.41. The third-order valence-electron chi connectivity index (χ3n) is 5.44. The van der Waals surface area contributed by atoms with E-state index in [0.717, 1.165) is 22.6 Å². The molecule has 10 heteroatoms. The first-order valence-corrected chi connectivity index (χ1v) is 12.5. The predicted molar refractivity (Wildman–Crippen MR) is 121 cm³/mol. The van der Waals surface area contributed by atoms with Gasteiger partial charge >= 0.3 is 0 Å². The molecule has 31 heavy (non-hydrogen) atoms. The van der Waals surface area contributed by atoms with E-state index in [1.807, 2.05) is 48.9 Å². The van der Waals surface area contributed by atoms with E-state index in [4.69, 9.17) is 11.6 Å². The molecule has 3 aromatic rings. The zero-order valence-corrected chi connectivity index (χ0v) is 19.7. The molecule has 0 saturated carbocycles. The molecule has 1 aliphatic heterocycles. The zero-order valence-electron chi connectivity index (χ0n) is 17.3. The van der Waals surface area contributed by atoms with Crippen molar-refractivity contribution in [1.82, 2.24) is 19.0 Å². The summed E-state index contributed by atoms with van der Waals surface area (Å²) in [5.74, 6) is -0.106. The SMILES string of the molecule is Cc1nn(Cc2ccccc2)c(C)c1C(=O)N1CCN(S(=O)(=O)c2ccc(Cl)s2)CC1. The smallest absolute Gasteiger partial charge is 0.257 e. The first-order valence-electron chi connectivity index (χ1n) is 9.90. The number of thiophene rings is 1. The van der Waals surface area contributed by atoms with Crippen molar-refractivity contribution in [3.8, 4) is 0 Å². The number of benzene rings is 1. The number of hydrogen-bond donors (Lipinski definition) is 0. The second-order valence-corrected chi connectivity index (χ2v) is 11.3. The highest BCUT2D eigenvalue weighted by molar-refractivity contribution is 7.91. The summed E-state index contributed by atoms with van der Waals surface area (Å²) in [6, 6.07) is 13.1. The number of piperazine rings is 1. The Kier molecular flexibility index (Phi) is 6.20. The van der Waals surface area contributed by atoms with E-state index in [9.17, 15) is 13.2 Å².